The van der Waals surface area contributed by atoms with Crippen molar-refractivity contribution < 1.29 is 4.79 Å². The van der Waals surface area contributed by atoms with Crippen LogP contribution in [0.2, 0.25) is 5.15 Å². The molecule has 0 unspecified atom stereocenters. The Kier molecular flexibility index (Phi) is 3.81. The number of carbonyl (C=O) groups excluding carboxylic acids is 1. The summed E-state index contributed by atoms with van der Waals surface area (Å²) in [5.41, 5.74) is 1.51. The van der Waals surface area contributed by atoms with Gasteiger partial charge in [0.1, 0.15) is 10.8 Å². The average molecular weight is 364 g/mol. The van der Waals surface area contributed by atoms with Gasteiger partial charge in [0.05, 0.1) is 23.6 Å². The van der Waals surface area contributed by atoms with Crippen LogP contribution in [0.25, 0.3) is 10.9 Å². The molecule has 0 aliphatic carbocycles. The zero-order chi connectivity index (χ0) is 14.8. The van der Waals surface area contributed by atoms with Crippen molar-refractivity contribution in [3.05, 3.63) is 58.2 Å². The number of benzene rings is 1. The molecule has 2 heterocycles. The smallest absolute Gasteiger partial charge is 0.275 e. The second-order valence-corrected chi connectivity index (χ2v) is 5.51. The van der Waals surface area contributed by atoms with Crippen molar-refractivity contribution in [2.45, 2.75) is 0 Å². The van der Waals surface area contributed by atoms with Gasteiger partial charge in [-0.15, -0.1) is 0 Å². The van der Waals surface area contributed by atoms with Crippen molar-refractivity contribution in [1.82, 2.24) is 15.0 Å². The Balaban J connectivity index is 1.94. The number of nitrogens with one attached hydrogen (secondary N) is 1. The Hall–Kier alpha value is -2.05. The highest BCUT2D eigenvalue weighted by Gasteiger charge is 2.11. The molecule has 7 heteroatoms. The van der Waals surface area contributed by atoms with Gasteiger partial charge in [-0.1, -0.05) is 23.7 Å². The van der Waals surface area contributed by atoms with E-state index in [1.807, 2.05) is 18.2 Å². The van der Waals surface area contributed by atoms with Crippen molar-refractivity contribution in [2.24, 2.45) is 0 Å². The van der Waals surface area contributed by atoms with Gasteiger partial charge in [0, 0.05) is 16.1 Å². The SMILES string of the molecule is O=C(Nc1cccc2cc(Br)cnc12)c1cnc(Cl)cn1. The van der Waals surface area contributed by atoms with E-state index in [-0.39, 0.29) is 16.8 Å². The molecule has 0 bridgehead atoms. The van der Waals surface area contributed by atoms with Gasteiger partial charge in [0.25, 0.3) is 5.91 Å². The van der Waals surface area contributed by atoms with Gasteiger partial charge in [-0.05, 0) is 28.1 Å². The molecule has 1 N–H and O–H groups in total. The Morgan fingerprint density at radius 1 is 1.14 bits per heavy atom. The van der Waals surface area contributed by atoms with Gasteiger partial charge in [0.2, 0.25) is 0 Å². The van der Waals surface area contributed by atoms with E-state index in [0.29, 0.717) is 11.2 Å². The highest BCUT2D eigenvalue weighted by atomic mass is 79.9. The maximum absolute atomic E-state index is 12.1. The fourth-order valence-corrected chi connectivity index (χ4v) is 2.30. The minimum Gasteiger partial charge on any atom is -0.319 e. The molecule has 0 saturated heterocycles. The molecule has 0 fully saturated rings. The number of fused-ring (bicyclic) bond motifs is 1. The van der Waals surface area contributed by atoms with Crippen molar-refractivity contribution in [1.29, 1.82) is 0 Å². The van der Waals surface area contributed by atoms with Crippen LogP contribution in [0.1, 0.15) is 10.5 Å². The summed E-state index contributed by atoms with van der Waals surface area (Å²) in [7, 11) is 0. The molecule has 2 aromatic heterocycles. The van der Waals surface area contributed by atoms with Crippen LogP contribution < -0.4 is 5.32 Å². The third-order valence-corrected chi connectivity index (χ3v) is 3.41. The topological polar surface area (TPSA) is 67.8 Å². The molecule has 1 amide bonds. The van der Waals surface area contributed by atoms with Gasteiger partial charge >= 0.3 is 0 Å². The summed E-state index contributed by atoms with van der Waals surface area (Å²) in [5.74, 6) is -0.364. The molecular weight excluding hydrogens is 356 g/mol. The predicted octanol–water partition coefficient (Wildman–Crippen LogP) is 3.69. The monoisotopic (exact) mass is 362 g/mol. The van der Waals surface area contributed by atoms with Gasteiger partial charge in [-0.3, -0.25) is 9.78 Å². The second-order valence-electron chi connectivity index (χ2n) is 4.21. The number of para-hydroxylation sites is 1. The minimum absolute atomic E-state index is 0.188. The van der Waals surface area contributed by atoms with Crippen molar-refractivity contribution in [3.8, 4) is 0 Å². The third kappa shape index (κ3) is 3.01. The summed E-state index contributed by atoms with van der Waals surface area (Å²) in [6, 6.07) is 7.48. The molecule has 0 atom stereocenters. The average Bonchev–Trinajstić information content (AvgIpc) is 2.47. The van der Waals surface area contributed by atoms with Crippen LogP contribution in [0, 0.1) is 0 Å². The van der Waals surface area contributed by atoms with Crippen molar-refractivity contribution in [3.63, 3.8) is 0 Å². The zero-order valence-corrected chi connectivity index (χ0v) is 12.9. The van der Waals surface area contributed by atoms with E-state index >= 15 is 0 Å². The summed E-state index contributed by atoms with van der Waals surface area (Å²) in [6.45, 7) is 0. The van der Waals surface area contributed by atoms with Crippen LogP contribution >= 0.6 is 27.5 Å². The minimum atomic E-state index is -0.364. The van der Waals surface area contributed by atoms with E-state index < -0.39 is 0 Å². The standard InChI is InChI=1S/C14H8BrClN4O/c15-9-4-8-2-1-3-10(13(8)19-5-9)20-14(21)11-6-18-12(16)7-17-11/h1-7H,(H,20,21). The lowest BCUT2D eigenvalue weighted by Crippen LogP contribution is -2.14. The van der Waals surface area contributed by atoms with Crippen LogP contribution in [0.3, 0.4) is 0 Å². The molecule has 1 aromatic carbocycles. The highest BCUT2D eigenvalue weighted by molar-refractivity contribution is 9.10. The van der Waals surface area contributed by atoms with Crippen LogP contribution in [0.15, 0.2) is 47.3 Å². The summed E-state index contributed by atoms with van der Waals surface area (Å²) in [4.78, 5) is 24.2. The van der Waals surface area contributed by atoms with Crippen LogP contribution in [-0.4, -0.2) is 20.9 Å². The fraction of sp³-hybridized carbons (Fsp3) is 0. The lowest BCUT2D eigenvalue weighted by molar-refractivity contribution is 0.102. The van der Waals surface area contributed by atoms with E-state index in [1.165, 1.54) is 12.4 Å². The number of pyridine rings is 1. The molecule has 0 radical (unpaired) electrons. The number of amides is 1. The number of nitrogens with zero attached hydrogens (tertiary/aromatic N) is 3. The Morgan fingerprint density at radius 3 is 2.76 bits per heavy atom. The van der Waals surface area contributed by atoms with Gasteiger partial charge < -0.3 is 5.32 Å². The number of halogens is 2. The first kappa shape index (κ1) is 13.9. The lowest BCUT2D eigenvalue weighted by Gasteiger charge is -2.07. The number of carbonyl (C=O) groups is 1. The Bertz CT molecular complexity index is 823. The van der Waals surface area contributed by atoms with E-state index in [4.69, 9.17) is 11.6 Å². The molecule has 21 heavy (non-hydrogen) atoms. The summed E-state index contributed by atoms with van der Waals surface area (Å²) >= 11 is 9.02. The molecule has 0 aliphatic heterocycles. The summed E-state index contributed by atoms with van der Waals surface area (Å²) in [5, 5.41) is 3.94. The van der Waals surface area contributed by atoms with E-state index in [9.17, 15) is 4.79 Å². The maximum atomic E-state index is 12.1. The first-order chi connectivity index (χ1) is 10.1. The van der Waals surface area contributed by atoms with E-state index in [2.05, 4.69) is 36.2 Å². The van der Waals surface area contributed by atoms with E-state index in [0.717, 1.165) is 9.86 Å². The number of hydrogen-bond donors (Lipinski definition) is 1. The molecule has 3 rings (SSSR count). The lowest BCUT2D eigenvalue weighted by atomic mass is 10.2. The van der Waals surface area contributed by atoms with Crippen molar-refractivity contribution >= 4 is 50.0 Å². The number of aromatic nitrogens is 3. The Labute approximate surface area is 133 Å². The van der Waals surface area contributed by atoms with Gasteiger partial charge in [0.15, 0.2) is 0 Å². The van der Waals surface area contributed by atoms with Crippen LogP contribution in [0.4, 0.5) is 5.69 Å². The van der Waals surface area contributed by atoms with Crippen LogP contribution in [-0.2, 0) is 0 Å². The maximum Gasteiger partial charge on any atom is 0.275 e. The summed E-state index contributed by atoms with van der Waals surface area (Å²) < 4.78 is 0.877. The Morgan fingerprint density at radius 2 is 2.00 bits per heavy atom. The molecule has 0 saturated carbocycles. The molecule has 0 spiro atoms. The largest absolute Gasteiger partial charge is 0.319 e. The molecule has 0 aliphatic rings. The highest BCUT2D eigenvalue weighted by Crippen LogP contribution is 2.24. The molecular formula is C14H8BrClN4O. The van der Waals surface area contributed by atoms with Gasteiger partial charge in [-0.2, -0.15) is 0 Å². The number of anilines is 1. The first-order valence-electron chi connectivity index (χ1n) is 5.96. The quantitative estimate of drug-likeness (QED) is 0.754. The van der Waals surface area contributed by atoms with Gasteiger partial charge in [-0.25, -0.2) is 9.97 Å². The first-order valence-corrected chi connectivity index (χ1v) is 7.14. The van der Waals surface area contributed by atoms with Crippen molar-refractivity contribution in [2.75, 3.05) is 5.32 Å². The fourth-order valence-electron chi connectivity index (χ4n) is 1.85. The molecule has 3 aromatic rings. The normalized spacial score (nSPS) is 10.6. The zero-order valence-electron chi connectivity index (χ0n) is 10.5. The number of hydrogen-bond acceptors (Lipinski definition) is 4. The predicted molar refractivity (Wildman–Crippen MR) is 84.4 cm³/mol. The molecule has 104 valence electrons. The third-order valence-electron chi connectivity index (χ3n) is 2.78. The summed E-state index contributed by atoms with van der Waals surface area (Å²) in [6.07, 6.45) is 4.34. The number of rotatable bonds is 2. The van der Waals surface area contributed by atoms with E-state index in [1.54, 1.807) is 12.3 Å². The van der Waals surface area contributed by atoms with Crippen LogP contribution in [0.5, 0.6) is 0 Å². The molecule has 5 nitrogen and oxygen atoms in total. The second kappa shape index (κ2) is 5.75.